The first-order chi connectivity index (χ1) is 8.24. The van der Waals surface area contributed by atoms with Crippen LogP contribution in [0.4, 0.5) is 8.78 Å². The average Bonchev–Trinajstić information content (AvgIpc) is 2.26. The molecule has 0 atom stereocenters. The van der Waals surface area contributed by atoms with Gasteiger partial charge in [-0.2, -0.15) is 0 Å². The Morgan fingerprint density at radius 1 is 1.33 bits per heavy atom. The third kappa shape index (κ3) is 4.30. The molecule has 0 spiro atoms. The van der Waals surface area contributed by atoms with E-state index < -0.39 is 17.2 Å². The van der Waals surface area contributed by atoms with Gasteiger partial charge in [0.1, 0.15) is 11.6 Å². The Labute approximate surface area is 115 Å². The van der Waals surface area contributed by atoms with Gasteiger partial charge in [-0.3, -0.25) is 4.90 Å². The molecule has 2 nitrogen and oxygen atoms in total. The summed E-state index contributed by atoms with van der Waals surface area (Å²) in [5.74, 6) is -1.14. The lowest BCUT2D eigenvalue weighted by molar-refractivity contribution is 0.0346. The van der Waals surface area contributed by atoms with E-state index in [0.29, 0.717) is 13.1 Å². The molecule has 0 amide bonds. The van der Waals surface area contributed by atoms with Crippen molar-refractivity contribution in [2.45, 2.75) is 32.9 Å². The molecule has 0 aliphatic carbocycles. The molecule has 0 aromatic heterocycles. The first-order valence-corrected chi connectivity index (χ1v) is 6.61. The van der Waals surface area contributed by atoms with Crippen molar-refractivity contribution in [3.63, 3.8) is 0 Å². The van der Waals surface area contributed by atoms with E-state index in [1.54, 1.807) is 18.7 Å². The topological polar surface area (TPSA) is 23.5 Å². The lowest BCUT2D eigenvalue weighted by atomic mass is 10.1. The summed E-state index contributed by atoms with van der Waals surface area (Å²) in [5, 5.41) is 9.75. The van der Waals surface area contributed by atoms with Crippen LogP contribution in [0.1, 0.15) is 26.3 Å². The number of hydrogen-bond acceptors (Lipinski definition) is 2. The van der Waals surface area contributed by atoms with Crippen molar-refractivity contribution in [2.75, 3.05) is 13.1 Å². The minimum atomic E-state index is -0.894. The normalized spacial score (nSPS) is 12.2. The van der Waals surface area contributed by atoms with Crippen LogP contribution in [0.25, 0.3) is 0 Å². The van der Waals surface area contributed by atoms with Gasteiger partial charge in [0.15, 0.2) is 0 Å². The van der Waals surface area contributed by atoms with Crippen molar-refractivity contribution >= 4 is 15.9 Å². The fraction of sp³-hybridized carbons (Fsp3) is 0.538. The van der Waals surface area contributed by atoms with Gasteiger partial charge < -0.3 is 5.11 Å². The molecule has 18 heavy (non-hydrogen) atoms. The van der Waals surface area contributed by atoms with Crippen LogP contribution in [0.3, 0.4) is 0 Å². The average molecular weight is 322 g/mol. The number of halogens is 3. The zero-order chi connectivity index (χ0) is 13.9. The van der Waals surface area contributed by atoms with E-state index in [2.05, 4.69) is 15.9 Å². The van der Waals surface area contributed by atoms with E-state index in [1.165, 1.54) is 12.1 Å². The predicted octanol–water partition coefficient (Wildman–Crippen LogP) is 3.32. The van der Waals surface area contributed by atoms with Gasteiger partial charge in [-0.25, -0.2) is 8.78 Å². The Bertz CT molecular complexity index is 418. The Morgan fingerprint density at radius 3 is 2.44 bits per heavy atom. The van der Waals surface area contributed by atoms with Crippen molar-refractivity contribution in [3.05, 3.63) is 33.8 Å². The molecule has 0 aliphatic heterocycles. The van der Waals surface area contributed by atoms with E-state index in [4.69, 9.17) is 0 Å². The van der Waals surface area contributed by atoms with Crippen LogP contribution in [0.5, 0.6) is 0 Å². The smallest absolute Gasteiger partial charge is 0.144 e. The molecule has 0 fully saturated rings. The van der Waals surface area contributed by atoms with E-state index >= 15 is 0 Å². The Kier molecular flexibility index (Phi) is 5.25. The molecular weight excluding hydrogens is 304 g/mol. The van der Waals surface area contributed by atoms with E-state index in [9.17, 15) is 13.9 Å². The van der Waals surface area contributed by atoms with Crippen LogP contribution in [0.15, 0.2) is 16.6 Å². The van der Waals surface area contributed by atoms with Crippen molar-refractivity contribution in [1.29, 1.82) is 0 Å². The molecule has 1 aromatic carbocycles. The van der Waals surface area contributed by atoms with E-state index in [0.717, 1.165) is 0 Å². The molecule has 1 rings (SSSR count). The van der Waals surface area contributed by atoms with Gasteiger partial charge in [-0.15, -0.1) is 0 Å². The lowest BCUT2D eigenvalue weighted by Gasteiger charge is -2.28. The number of likely N-dealkylation sites (N-methyl/N-ethyl adjacent to an activating group) is 1. The van der Waals surface area contributed by atoms with Crippen LogP contribution in [0.2, 0.25) is 0 Å². The van der Waals surface area contributed by atoms with Crippen molar-refractivity contribution in [1.82, 2.24) is 4.90 Å². The summed E-state index contributed by atoms with van der Waals surface area (Å²) in [7, 11) is 0. The van der Waals surface area contributed by atoms with Gasteiger partial charge in [0, 0.05) is 18.7 Å². The molecule has 102 valence electrons. The SMILES string of the molecule is CCN(Cc1c(F)ccc(Br)c1F)CC(C)(C)O. The molecule has 0 radical (unpaired) electrons. The quantitative estimate of drug-likeness (QED) is 0.841. The molecule has 0 heterocycles. The molecule has 1 aromatic rings. The first-order valence-electron chi connectivity index (χ1n) is 5.81. The second kappa shape index (κ2) is 6.08. The Balaban J connectivity index is 2.92. The molecule has 0 aliphatic rings. The first kappa shape index (κ1) is 15.5. The molecule has 0 unspecified atom stereocenters. The summed E-state index contributed by atoms with van der Waals surface area (Å²) in [4.78, 5) is 1.80. The maximum atomic E-state index is 13.8. The summed E-state index contributed by atoms with van der Waals surface area (Å²) in [6, 6.07) is 2.58. The maximum absolute atomic E-state index is 13.8. The fourth-order valence-corrected chi connectivity index (χ4v) is 2.14. The third-order valence-corrected chi connectivity index (χ3v) is 3.19. The number of benzene rings is 1. The highest BCUT2D eigenvalue weighted by Crippen LogP contribution is 2.23. The highest BCUT2D eigenvalue weighted by molar-refractivity contribution is 9.10. The van der Waals surface area contributed by atoms with Gasteiger partial charge in [0.2, 0.25) is 0 Å². The largest absolute Gasteiger partial charge is 0.389 e. The Hall–Kier alpha value is -0.520. The molecule has 5 heteroatoms. The third-order valence-electron chi connectivity index (χ3n) is 2.58. The summed E-state index contributed by atoms with van der Waals surface area (Å²) < 4.78 is 27.7. The summed E-state index contributed by atoms with van der Waals surface area (Å²) >= 11 is 3.04. The van der Waals surface area contributed by atoms with Crippen LogP contribution >= 0.6 is 15.9 Å². The number of aliphatic hydroxyl groups is 1. The summed E-state index contributed by atoms with van der Waals surface area (Å²) in [6.07, 6.45) is 0. The van der Waals surface area contributed by atoms with Crippen LogP contribution in [-0.4, -0.2) is 28.7 Å². The van der Waals surface area contributed by atoms with Crippen LogP contribution in [0, 0.1) is 11.6 Å². The van der Waals surface area contributed by atoms with Gasteiger partial charge in [-0.1, -0.05) is 6.92 Å². The van der Waals surface area contributed by atoms with E-state index in [-0.39, 0.29) is 16.6 Å². The fourth-order valence-electron chi connectivity index (χ4n) is 1.76. The predicted molar refractivity (Wildman–Crippen MR) is 71.3 cm³/mol. The van der Waals surface area contributed by atoms with Crippen molar-refractivity contribution in [2.24, 2.45) is 0 Å². The molecule has 0 saturated carbocycles. The van der Waals surface area contributed by atoms with Crippen LogP contribution in [-0.2, 0) is 6.54 Å². The minimum Gasteiger partial charge on any atom is -0.389 e. The number of hydrogen-bond donors (Lipinski definition) is 1. The monoisotopic (exact) mass is 321 g/mol. The van der Waals surface area contributed by atoms with E-state index in [1.807, 2.05) is 6.92 Å². The second-order valence-corrected chi connectivity index (χ2v) is 5.79. The van der Waals surface area contributed by atoms with Crippen LogP contribution < -0.4 is 0 Å². The molecular formula is C13H18BrF2NO. The van der Waals surface area contributed by atoms with Crippen molar-refractivity contribution < 1.29 is 13.9 Å². The molecule has 1 N–H and O–H groups in total. The zero-order valence-electron chi connectivity index (χ0n) is 10.8. The van der Waals surface area contributed by atoms with Gasteiger partial charge in [0.25, 0.3) is 0 Å². The molecule has 0 saturated heterocycles. The summed E-state index contributed by atoms with van der Waals surface area (Å²) in [5.41, 5.74) is -0.870. The second-order valence-electron chi connectivity index (χ2n) is 4.94. The zero-order valence-corrected chi connectivity index (χ0v) is 12.4. The Morgan fingerprint density at radius 2 is 1.94 bits per heavy atom. The number of rotatable bonds is 5. The summed E-state index contributed by atoms with van der Waals surface area (Å²) in [6.45, 7) is 6.33. The van der Waals surface area contributed by atoms with Gasteiger partial charge in [0.05, 0.1) is 10.1 Å². The number of nitrogens with zero attached hydrogens (tertiary/aromatic N) is 1. The standard InChI is InChI=1S/C13H18BrF2NO/c1-4-17(8-13(2,3)18)7-9-11(15)6-5-10(14)12(9)16/h5-6,18H,4,7-8H2,1-3H3. The van der Waals surface area contributed by atoms with Gasteiger partial charge >= 0.3 is 0 Å². The lowest BCUT2D eigenvalue weighted by Crippen LogP contribution is -2.38. The molecule has 0 bridgehead atoms. The minimum absolute atomic E-state index is 0.0236. The van der Waals surface area contributed by atoms with Gasteiger partial charge in [-0.05, 0) is 48.5 Å². The maximum Gasteiger partial charge on any atom is 0.144 e. The van der Waals surface area contributed by atoms with Crippen molar-refractivity contribution in [3.8, 4) is 0 Å². The highest BCUT2D eigenvalue weighted by atomic mass is 79.9. The highest BCUT2D eigenvalue weighted by Gasteiger charge is 2.20.